The van der Waals surface area contributed by atoms with E-state index in [1.54, 1.807) is 18.9 Å². The normalized spacial score (nSPS) is 19.4. The van der Waals surface area contributed by atoms with E-state index in [0.717, 1.165) is 16.7 Å². The lowest BCUT2D eigenvalue weighted by Crippen LogP contribution is -2.55. The summed E-state index contributed by atoms with van der Waals surface area (Å²) in [6.07, 6.45) is 0. The number of nitrogens with zero attached hydrogens (tertiary/aromatic N) is 3. The van der Waals surface area contributed by atoms with E-state index in [0.29, 0.717) is 44.0 Å². The van der Waals surface area contributed by atoms with Crippen LogP contribution < -0.4 is 10.6 Å². The van der Waals surface area contributed by atoms with Crippen molar-refractivity contribution in [1.29, 1.82) is 0 Å². The Bertz CT molecular complexity index is 966. The largest absolute Gasteiger partial charge is 0.463 e. The van der Waals surface area contributed by atoms with Crippen LogP contribution in [0.25, 0.3) is 0 Å². The number of amides is 4. The average molecular weight is 472 g/mol. The van der Waals surface area contributed by atoms with E-state index in [1.165, 1.54) is 4.90 Å². The monoisotopic (exact) mass is 471 g/mol. The Balaban J connectivity index is 1.91. The lowest BCUT2D eigenvalue weighted by molar-refractivity contribution is -0.139. The number of likely N-dealkylation sites (N-methyl/N-ethyl adjacent to an activating group) is 1. The number of nitrogens with one attached hydrogen (secondary N) is 2. The number of piperazine rings is 1. The summed E-state index contributed by atoms with van der Waals surface area (Å²) in [6.45, 7) is 12.7. The van der Waals surface area contributed by atoms with Gasteiger partial charge in [-0.1, -0.05) is 23.8 Å². The number of aryl methyl sites for hydroxylation is 2. The maximum absolute atomic E-state index is 13.2. The van der Waals surface area contributed by atoms with Crippen molar-refractivity contribution in [3.8, 4) is 0 Å². The van der Waals surface area contributed by atoms with Gasteiger partial charge in [-0.15, -0.1) is 0 Å². The first kappa shape index (κ1) is 25.6. The van der Waals surface area contributed by atoms with E-state index in [4.69, 9.17) is 4.74 Å². The van der Waals surface area contributed by atoms with Gasteiger partial charge >= 0.3 is 18.0 Å². The molecule has 2 heterocycles. The third-order valence-electron chi connectivity index (χ3n) is 6.26. The van der Waals surface area contributed by atoms with Gasteiger partial charge < -0.3 is 20.3 Å². The second-order valence-corrected chi connectivity index (χ2v) is 9.25. The fourth-order valence-corrected chi connectivity index (χ4v) is 4.36. The van der Waals surface area contributed by atoms with E-state index < -0.39 is 12.0 Å². The molecule has 2 aliphatic heterocycles. The first-order chi connectivity index (χ1) is 16.1. The topological polar surface area (TPSA) is 94.2 Å². The molecular weight excluding hydrogens is 434 g/mol. The van der Waals surface area contributed by atoms with E-state index in [9.17, 15) is 14.4 Å². The van der Waals surface area contributed by atoms with Crippen LogP contribution in [-0.4, -0.2) is 85.2 Å². The highest BCUT2D eigenvalue weighted by atomic mass is 16.5. The predicted molar refractivity (Wildman–Crippen MR) is 130 cm³/mol. The number of carbonyl (C=O) groups excluding carboxylic acids is 3. The zero-order valence-electron chi connectivity index (χ0n) is 21.1. The third-order valence-corrected chi connectivity index (χ3v) is 6.26. The zero-order chi connectivity index (χ0) is 25.0. The molecule has 1 aromatic rings. The fourth-order valence-electron chi connectivity index (χ4n) is 4.36. The van der Waals surface area contributed by atoms with E-state index in [-0.39, 0.29) is 24.7 Å². The Morgan fingerprint density at radius 2 is 1.85 bits per heavy atom. The van der Waals surface area contributed by atoms with Crippen molar-refractivity contribution in [2.45, 2.75) is 46.7 Å². The van der Waals surface area contributed by atoms with Crippen molar-refractivity contribution in [2.24, 2.45) is 0 Å². The Kier molecular flexibility index (Phi) is 8.19. The summed E-state index contributed by atoms with van der Waals surface area (Å²) >= 11 is 0. The molecule has 0 spiro atoms. The molecule has 1 atom stereocenters. The molecular formula is C25H37N5O4. The van der Waals surface area contributed by atoms with Crippen LogP contribution in [0.1, 0.15) is 43.5 Å². The smallest absolute Gasteiger partial charge is 0.338 e. The van der Waals surface area contributed by atoms with Crippen LogP contribution in [0, 0.1) is 13.8 Å². The van der Waals surface area contributed by atoms with Crippen molar-refractivity contribution in [1.82, 2.24) is 25.3 Å². The Hall–Kier alpha value is -3.07. The molecule has 0 aromatic heterocycles. The van der Waals surface area contributed by atoms with Crippen molar-refractivity contribution < 1.29 is 19.1 Å². The van der Waals surface area contributed by atoms with Gasteiger partial charge in [-0.3, -0.25) is 9.80 Å². The number of esters is 1. The fraction of sp³-hybridized carbons (Fsp3) is 0.560. The molecule has 1 aromatic carbocycles. The van der Waals surface area contributed by atoms with Crippen LogP contribution in [0.3, 0.4) is 0 Å². The van der Waals surface area contributed by atoms with Crippen LogP contribution in [0.5, 0.6) is 0 Å². The Morgan fingerprint density at radius 1 is 1.18 bits per heavy atom. The minimum atomic E-state index is -0.587. The zero-order valence-corrected chi connectivity index (χ0v) is 21.1. The number of rotatable bonds is 6. The van der Waals surface area contributed by atoms with Gasteiger partial charge in [-0.05, 0) is 45.7 Å². The van der Waals surface area contributed by atoms with Crippen LogP contribution in [0.4, 0.5) is 9.59 Å². The van der Waals surface area contributed by atoms with Crippen LogP contribution in [0.2, 0.25) is 0 Å². The summed E-state index contributed by atoms with van der Waals surface area (Å²) in [5, 5.41) is 5.92. The minimum Gasteiger partial charge on any atom is -0.463 e. The summed E-state index contributed by atoms with van der Waals surface area (Å²) in [5.41, 5.74) is 4.02. The molecule has 3 rings (SSSR count). The average Bonchev–Trinajstić information content (AvgIpc) is 2.78. The molecule has 1 fully saturated rings. The van der Waals surface area contributed by atoms with Gasteiger partial charge in [0.2, 0.25) is 0 Å². The van der Waals surface area contributed by atoms with Crippen molar-refractivity contribution in [3.63, 3.8) is 0 Å². The lowest BCUT2D eigenvalue weighted by atomic mass is 9.90. The molecule has 0 radical (unpaired) electrons. The molecule has 9 nitrogen and oxygen atoms in total. The predicted octanol–water partition coefficient (Wildman–Crippen LogP) is 2.55. The second-order valence-electron chi connectivity index (χ2n) is 9.25. The molecule has 2 aliphatic rings. The summed E-state index contributed by atoms with van der Waals surface area (Å²) < 4.78 is 5.44. The van der Waals surface area contributed by atoms with Gasteiger partial charge in [-0.25, -0.2) is 14.4 Å². The minimum absolute atomic E-state index is 0.0646. The molecule has 1 unspecified atom stereocenters. The van der Waals surface area contributed by atoms with Crippen molar-refractivity contribution >= 4 is 18.0 Å². The third kappa shape index (κ3) is 5.70. The Morgan fingerprint density at radius 3 is 2.47 bits per heavy atom. The number of benzene rings is 1. The van der Waals surface area contributed by atoms with Crippen LogP contribution in [-0.2, 0) is 9.53 Å². The van der Waals surface area contributed by atoms with Crippen LogP contribution in [0.15, 0.2) is 29.5 Å². The molecule has 9 heteroatoms. The number of carbonyl (C=O) groups is 3. The number of ether oxygens (including phenoxy) is 1. The number of urea groups is 2. The first-order valence-electron chi connectivity index (χ1n) is 11.9. The molecule has 0 bridgehead atoms. The van der Waals surface area contributed by atoms with Gasteiger partial charge in [-0.2, -0.15) is 0 Å². The van der Waals surface area contributed by atoms with Gasteiger partial charge in [0.05, 0.1) is 18.2 Å². The Labute approximate surface area is 202 Å². The highest BCUT2D eigenvalue weighted by Crippen LogP contribution is 2.33. The maximum Gasteiger partial charge on any atom is 0.338 e. The van der Waals surface area contributed by atoms with Gasteiger partial charge in [0.1, 0.15) is 0 Å². The van der Waals surface area contributed by atoms with Crippen molar-refractivity contribution in [3.05, 3.63) is 46.2 Å². The molecule has 186 valence electrons. The highest BCUT2D eigenvalue weighted by Gasteiger charge is 2.38. The quantitative estimate of drug-likeness (QED) is 0.622. The summed E-state index contributed by atoms with van der Waals surface area (Å²) in [4.78, 5) is 43.9. The highest BCUT2D eigenvalue weighted by molar-refractivity contribution is 5.95. The first-order valence-corrected chi connectivity index (χ1v) is 11.9. The number of hydrogen-bond donors (Lipinski definition) is 2. The second kappa shape index (κ2) is 10.9. The number of hydrogen-bond acceptors (Lipinski definition) is 5. The molecule has 1 saturated heterocycles. The van der Waals surface area contributed by atoms with Gasteiger partial charge in [0, 0.05) is 51.5 Å². The van der Waals surface area contributed by atoms with E-state index >= 15 is 0 Å². The van der Waals surface area contributed by atoms with E-state index in [1.807, 2.05) is 45.9 Å². The van der Waals surface area contributed by atoms with Gasteiger partial charge in [0.25, 0.3) is 0 Å². The maximum atomic E-state index is 13.2. The molecule has 0 saturated carbocycles. The van der Waals surface area contributed by atoms with Crippen molar-refractivity contribution in [2.75, 3.05) is 46.4 Å². The van der Waals surface area contributed by atoms with Crippen LogP contribution >= 0.6 is 0 Å². The molecule has 4 amide bonds. The summed E-state index contributed by atoms with van der Waals surface area (Å²) in [5.74, 6) is -0.426. The van der Waals surface area contributed by atoms with E-state index in [2.05, 4.69) is 15.5 Å². The SMILES string of the molecule is CCOC(=O)C1=C(CN2CCN(C(=O)NC(C)C)CC2)N(C)C(=O)NC1c1cc(C)ccc1C. The lowest BCUT2D eigenvalue weighted by Gasteiger charge is -2.39. The van der Waals surface area contributed by atoms with Gasteiger partial charge in [0.15, 0.2) is 0 Å². The standard InChI is InChI=1S/C25H37N5O4/c1-7-34-23(31)21-20(15-29-10-12-30(13-11-29)25(33)26-16(2)3)28(6)24(32)27-22(21)19-14-17(4)8-9-18(19)5/h8-9,14,16,22H,7,10-13,15H2,1-6H3,(H,26,33)(H,27,32). The molecule has 0 aliphatic carbocycles. The molecule has 2 N–H and O–H groups in total. The summed E-state index contributed by atoms with van der Waals surface area (Å²) in [6, 6.07) is 5.19. The molecule has 34 heavy (non-hydrogen) atoms. The summed E-state index contributed by atoms with van der Waals surface area (Å²) in [7, 11) is 1.68.